The number of carbonyl (C=O) groups is 1. The molecule has 1 rings (SSSR count). The van der Waals surface area contributed by atoms with Crippen LogP contribution in [0.25, 0.3) is 0 Å². The summed E-state index contributed by atoms with van der Waals surface area (Å²) in [4.78, 5) is 16.3. The minimum absolute atomic E-state index is 0.0502. The van der Waals surface area contributed by atoms with E-state index in [1.54, 1.807) is 17.0 Å². The van der Waals surface area contributed by atoms with Gasteiger partial charge in [-0.2, -0.15) is 4.39 Å². The normalized spacial score (nSPS) is 10.5. The van der Waals surface area contributed by atoms with E-state index >= 15 is 0 Å². The summed E-state index contributed by atoms with van der Waals surface area (Å²) in [6, 6.07) is 4.49. The Bertz CT molecular complexity index is 368. The van der Waals surface area contributed by atoms with Crippen molar-refractivity contribution in [1.82, 2.24) is 4.98 Å². The molecule has 16 heavy (non-hydrogen) atoms. The second-order valence-electron chi connectivity index (χ2n) is 4.06. The van der Waals surface area contributed by atoms with Crippen LogP contribution in [0, 0.1) is 11.9 Å². The van der Waals surface area contributed by atoms with Crippen molar-refractivity contribution >= 4 is 11.7 Å². The second-order valence-corrected chi connectivity index (χ2v) is 4.06. The van der Waals surface area contributed by atoms with Crippen molar-refractivity contribution in [1.29, 1.82) is 0 Å². The highest BCUT2D eigenvalue weighted by molar-refractivity contribution is 5.79. The van der Waals surface area contributed by atoms with Gasteiger partial charge in [-0.25, -0.2) is 4.98 Å². The van der Waals surface area contributed by atoms with Crippen molar-refractivity contribution in [3.05, 3.63) is 24.1 Å². The van der Waals surface area contributed by atoms with Crippen LogP contribution in [0.5, 0.6) is 0 Å². The Morgan fingerprint density at radius 3 is 2.75 bits per heavy atom. The maximum absolute atomic E-state index is 12.9. The maximum Gasteiger partial charge on any atom is 0.236 e. The Morgan fingerprint density at radius 2 is 2.25 bits per heavy atom. The van der Waals surface area contributed by atoms with Crippen molar-refractivity contribution in [2.75, 3.05) is 18.0 Å². The average Bonchev–Trinajstić information content (AvgIpc) is 2.15. The van der Waals surface area contributed by atoms with Crippen LogP contribution in [-0.2, 0) is 4.79 Å². The van der Waals surface area contributed by atoms with Gasteiger partial charge < -0.3 is 10.6 Å². The topological polar surface area (TPSA) is 59.2 Å². The van der Waals surface area contributed by atoms with Crippen LogP contribution in [0.1, 0.15) is 13.8 Å². The molecule has 0 aliphatic rings. The lowest BCUT2D eigenvalue weighted by molar-refractivity contribution is -0.116. The molecule has 0 fully saturated rings. The number of halogens is 1. The molecule has 0 unspecified atom stereocenters. The largest absolute Gasteiger partial charge is 0.368 e. The zero-order valence-electron chi connectivity index (χ0n) is 9.48. The highest BCUT2D eigenvalue weighted by Gasteiger charge is 2.12. The van der Waals surface area contributed by atoms with E-state index in [0.717, 1.165) is 0 Å². The van der Waals surface area contributed by atoms with Gasteiger partial charge in [0, 0.05) is 6.54 Å². The number of anilines is 1. The number of nitrogens with two attached hydrogens (primary N) is 1. The van der Waals surface area contributed by atoms with Crippen LogP contribution < -0.4 is 10.6 Å². The van der Waals surface area contributed by atoms with Crippen molar-refractivity contribution < 1.29 is 9.18 Å². The van der Waals surface area contributed by atoms with Gasteiger partial charge in [-0.05, 0) is 18.1 Å². The van der Waals surface area contributed by atoms with Crippen LogP contribution in [-0.4, -0.2) is 24.0 Å². The molecule has 88 valence electrons. The van der Waals surface area contributed by atoms with Gasteiger partial charge in [0.05, 0.1) is 6.54 Å². The Labute approximate surface area is 94.3 Å². The van der Waals surface area contributed by atoms with Gasteiger partial charge in [0.25, 0.3) is 0 Å². The molecule has 2 N–H and O–H groups in total. The molecule has 0 saturated heterocycles. The van der Waals surface area contributed by atoms with Gasteiger partial charge in [0.2, 0.25) is 11.9 Å². The smallest absolute Gasteiger partial charge is 0.236 e. The summed E-state index contributed by atoms with van der Waals surface area (Å²) < 4.78 is 12.9. The van der Waals surface area contributed by atoms with Gasteiger partial charge in [-0.15, -0.1) is 0 Å². The van der Waals surface area contributed by atoms with E-state index < -0.39 is 11.9 Å². The quantitative estimate of drug-likeness (QED) is 0.765. The number of aromatic nitrogens is 1. The summed E-state index contributed by atoms with van der Waals surface area (Å²) in [6.07, 6.45) is 0. The predicted octanol–water partition coefficient (Wildman–Crippen LogP) is 1.17. The molecular formula is C11H16FN3O. The number of primary amides is 1. The Hall–Kier alpha value is -1.65. The number of pyridine rings is 1. The predicted molar refractivity (Wildman–Crippen MR) is 60.4 cm³/mol. The van der Waals surface area contributed by atoms with E-state index in [9.17, 15) is 9.18 Å². The number of amides is 1. The maximum atomic E-state index is 12.9. The third kappa shape index (κ3) is 3.84. The van der Waals surface area contributed by atoms with E-state index in [4.69, 9.17) is 5.73 Å². The summed E-state index contributed by atoms with van der Waals surface area (Å²) >= 11 is 0. The molecule has 1 heterocycles. The summed E-state index contributed by atoms with van der Waals surface area (Å²) in [5.41, 5.74) is 5.14. The van der Waals surface area contributed by atoms with Gasteiger partial charge >= 0.3 is 0 Å². The standard InChI is InChI=1S/C11H16FN3O/c1-8(2)6-15(7-10(13)16)11-5-3-4-9(12)14-11/h3-5,8H,6-7H2,1-2H3,(H2,13,16). The molecule has 4 nitrogen and oxygen atoms in total. The lowest BCUT2D eigenvalue weighted by atomic mass is 10.2. The summed E-state index contributed by atoms with van der Waals surface area (Å²) in [6.45, 7) is 4.68. The van der Waals surface area contributed by atoms with Crippen LogP contribution in [0.2, 0.25) is 0 Å². The fraction of sp³-hybridized carbons (Fsp3) is 0.455. The van der Waals surface area contributed by atoms with Crippen molar-refractivity contribution in [3.63, 3.8) is 0 Å². The van der Waals surface area contributed by atoms with Gasteiger partial charge in [0.1, 0.15) is 5.82 Å². The molecule has 0 atom stereocenters. The third-order valence-corrected chi connectivity index (χ3v) is 1.96. The lowest BCUT2D eigenvalue weighted by Gasteiger charge is -2.23. The first-order valence-electron chi connectivity index (χ1n) is 5.15. The molecule has 1 aromatic heterocycles. The fourth-order valence-electron chi connectivity index (χ4n) is 1.44. The third-order valence-electron chi connectivity index (χ3n) is 1.96. The monoisotopic (exact) mass is 225 g/mol. The summed E-state index contributed by atoms with van der Waals surface area (Å²) in [7, 11) is 0. The minimum atomic E-state index is -0.560. The molecular weight excluding hydrogens is 209 g/mol. The average molecular weight is 225 g/mol. The van der Waals surface area contributed by atoms with Gasteiger partial charge in [0.15, 0.2) is 0 Å². The first kappa shape index (κ1) is 12.4. The zero-order chi connectivity index (χ0) is 12.1. The molecule has 0 bridgehead atoms. The fourth-order valence-corrected chi connectivity index (χ4v) is 1.44. The SMILES string of the molecule is CC(C)CN(CC(N)=O)c1cccc(F)n1. The van der Waals surface area contributed by atoms with E-state index in [1.807, 2.05) is 13.8 Å². The second kappa shape index (κ2) is 5.44. The zero-order valence-corrected chi connectivity index (χ0v) is 9.48. The van der Waals surface area contributed by atoms with Crippen molar-refractivity contribution in [2.45, 2.75) is 13.8 Å². The lowest BCUT2D eigenvalue weighted by Crippen LogP contribution is -2.36. The van der Waals surface area contributed by atoms with Crippen molar-refractivity contribution in [2.24, 2.45) is 11.7 Å². The highest BCUT2D eigenvalue weighted by atomic mass is 19.1. The van der Waals surface area contributed by atoms with E-state index in [2.05, 4.69) is 4.98 Å². The molecule has 1 amide bonds. The molecule has 5 heteroatoms. The number of rotatable bonds is 5. The number of nitrogens with zero attached hydrogens (tertiary/aromatic N) is 2. The number of hydrogen-bond donors (Lipinski definition) is 1. The van der Waals surface area contributed by atoms with E-state index in [0.29, 0.717) is 18.3 Å². The highest BCUT2D eigenvalue weighted by Crippen LogP contribution is 2.12. The summed E-state index contributed by atoms with van der Waals surface area (Å²) in [5, 5.41) is 0. The van der Waals surface area contributed by atoms with E-state index in [-0.39, 0.29) is 6.54 Å². The van der Waals surface area contributed by atoms with Crippen LogP contribution in [0.15, 0.2) is 18.2 Å². The Balaban J connectivity index is 2.86. The summed E-state index contributed by atoms with van der Waals surface area (Å²) in [5.74, 6) is -0.237. The van der Waals surface area contributed by atoms with Crippen molar-refractivity contribution in [3.8, 4) is 0 Å². The first-order chi connectivity index (χ1) is 7.49. The van der Waals surface area contributed by atoms with Crippen LogP contribution >= 0.6 is 0 Å². The number of carbonyl (C=O) groups excluding carboxylic acids is 1. The molecule has 1 aromatic rings. The van der Waals surface area contributed by atoms with E-state index in [1.165, 1.54) is 6.07 Å². The van der Waals surface area contributed by atoms with Crippen LogP contribution in [0.4, 0.5) is 10.2 Å². The van der Waals surface area contributed by atoms with Gasteiger partial charge in [-0.1, -0.05) is 19.9 Å². The van der Waals surface area contributed by atoms with Crippen LogP contribution in [0.3, 0.4) is 0 Å². The molecule has 0 spiro atoms. The molecule has 0 aromatic carbocycles. The minimum Gasteiger partial charge on any atom is -0.368 e. The first-order valence-corrected chi connectivity index (χ1v) is 5.15. The molecule has 0 saturated carbocycles. The molecule has 0 aliphatic heterocycles. The van der Waals surface area contributed by atoms with Gasteiger partial charge in [-0.3, -0.25) is 4.79 Å². The Kier molecular flexibility index (Phi) is 4.22. The Morgan fingerprint density at radius 1 is 1.56 bits per heavy atom. The number of hydrogen-bond acceptors (Lipinski definition) is 3. The molecule has 0 radical (unpaired) electrons. The molecule has 0 aliphatic carbocycles.